The number of nitrogens with one attached hydrogen (secondary N) is 1. The summed E-state index contributed by atoms with van der Waals surface area (Å²) < 4.78 is 1.09. The second kappa shape index (κ2) is 6.01. The van der Waals surface area contributed by atoms with Gasteiger partial charge in [-0.3, -0.25) is 0 Å². The van der Waals surface area contributed by atoms with Gasteiger partial charge in [-0.15, -0.1) is 11.3 Å². The largest absolute Gasteiger partial charge is 0.305 e. The van der Waals surface area contributed by atoms with E-state index in [1.807, 2.05) is 18.2 Å². The molecular weight excluding hydrogens is 318 g/mol. The minimum Gasteiger partial charge on any atom is -0.305 e. The van der Waals surface area contributed by atoms with E-state index >= 15 is 0 Å². The Morgan fingerprint density at radius 3 is 2.94 bits per heavy atom. The van der Waals surface area contributed by atoms with Crippen LogP contribution in [0.5, 0.6) is 0 Å². The van der Waals surface area contributed by atoms with Gasteiger partial charge < -0.3 is 5.32 Å². The highest BCUT2D eigenvalue weighted by atomic mass is 79.9. The molecule has 0 aliphatic heterocycles. The molecule has 4 heteroatoms. The Bertz CT molecular complexity index is 484. The van der Waals surface area contributed by atoms with Crippen molar-refractivity contribution in [2.45, 2.75) is 19.5 Å². The van der Waals surface area contributed by atoms with Gasteiger partial charge in [-0.2, -0.15) is 0 Å². The summed E-state index contributed by atoms with van der Waals surface area (Å²) >= 11 is 11.3. The van der Waals surface area contributed by atoms with Gasteiger partial charge in [0.2, 0.25) is 0 Å². The first kappa shape index (κ1) is 13.1. The van der Waals surface area contributed by atoms with Gasteiger partial charge in [-0.05, 0) is 42.1 Å². The van der Waals surface area contributed by atoms with Crippen molar-refractivity contribution in [2.24, 2.45) is 0 Å². The van der Waals surface area contributed by atoms with Crippen molar-refractivity contribution in [3.63, 3.8) is 0 Å². The minimum absolute atomic E-state index is 0.362. The molecule has 0 fully saturated rings. The monoisotopic (exact) mass is 329 g/mol. The summed E-state index contributed by atoms with van der Waals surface area (Å²) in [6, 6.07) is 10.4. The van der Waals surface area contributed by atoms with Crippen molar-refractivity contribution >= 4 is 38.9 Å². The quantitative estimate of drug-likeness (QED) is 0.830. The Balaban J connectivity index is 2.00. The topological polar surface area (TPSA) is 12.0 Å². The average molecular weight is 331 g/mol. The lowest BCUT2D eigenvalue weighted by Crippen LogP contribution is -2.17. The highest BCUT2D eigenvalue weighted by molar-refractivity contribution is 9.10. The maximum atomic E-state index is 5.99. The van der Waals surface area contributed by atoms with Crippen LogP contribution < -0.4 is 5.32 Å². The lowest BCUT2D eigenvalue weighted by atomic mass is 10.2. The number of benzene rings is 1. The van der Waals surface area contributed by atoms with E-state index in [4.69, 9.17) is 11.6 Å². The van der Waals surface area contributed by atoms with Crippen LogP contribution in [0.3, 0.4) is 0 Å². The Labute approximate surface area is 119 Å². The standard InChI is InChI=1S/C13H13BrClNS/c1-9(13-3-2-6-17-13)16-8-10-7-11(15)4-5-12(10)14/h2-7,9,16H,8H2,1H3/t9-/m1/s1. The van der Waals surface area contributed by atoms with Crippen LogP contribution >= 0.6 is 38.9 Å². The predicted molar refractivity (Wildman–Crippen MR) is 78.7 cm³/mol. The molecule has 0 aliphatic carbocycles. The van der Waals surface area contributed by atoms with Crippen molar-refractivity contribution in [2.75, 3.05) is 0 Å². The van der Waals surface area contributed by atoms with Crippen LogP contribution in [-0.2, 0) is 6.54 Å². The third kappa shape index (κ3) is 3.55. The number of halogens is 2. The van der Waals surface area contributed by atoms with Crippen LogP contribution in [0.25, 0.3) is 0 Å². The van der Waals surface area contributed by atoms with Crippen molar-refractivity contribution < 1.29 is 0 Å². The van der Waals surface area contributed by atoms with Crippen molar-refractivity contribution in [1.29, 1.82) is 0 Å². The molecule has 0 aliphatic rings. The maximum Gasteiger partial charge on any atom is 0.0410 e. The first-order chi connectivity index (χ1) is 8.16. The fraction of sp³-hybridized carbons (Fsp3) is 0.231. The highest BCUT2D eigenvalue weighted by Crippen LogP contribution is 2.23. The first-order valence-electron chi connectivity index (χ1n) is 5.37. The molecule has 90 valence electrons. The van der Waals surface area contributed by atoms with Gasteiger partial charge in [-0.1, -0.05) is 33.6 Å². The maximum absolute atomic E-state index is 5.99. The molecule has 0 bridgehead atoms. The Kier molecular flexibility index (Phi) is 4.62. The molecule has 0 unspecified atom stereocenters. The second-order valence-electron chi connectivity index (χ2n) is 3.85. The van der Waals surface area contributed by atoms with E-state index in [1.165, 1.54) is 10.4 Å². The molecule has 1 atom stereocenters. The fourth-order valence-corrected chi connectivity index (χ4v) is 2.92. The van der Waals surface area contributed by atoms with E-state index in [0.29, 0.717) is 6.04 Å². The number of thiophene rings is 1. The summed E-state index contributed by atoms with van der Waals surface area (Å²) in [4.78, 5) is 1.35. The summed E-state index contributed by atoms with van der Waals surface area (Å²) in [5, 5.41) is 6.36. The highest BCUT2D eigenvalue weighted by Gasteiger charge is 2.07. The molecule has 0 radical (unpaired) electrons. The zero-order valence-electron chi connectivity index (χ0n) is 9.41. The van der Waals surface area contributed by atoms with Crippen LogP contribution in [-0.4, -0.2) is 0 Å². The molecule has 1 heterocycles. The van der Waals surface area contributed by atoms with E-state index in [9.17, 15) is 0 Å². The van der Waals surface area contributed by atoms with Gasteiger partial charge in [0.15, 0.2) is 0 Å². The van der Waals surface area contributed by atoms with Crippen molar-refractivity contribution in [3.8, 4) is 0 Å². The van der Waals surface area contributed by atoms with Crippen molar-refractivity contribution in [1.82, 2.24) is 5.32 Å². The van der Waals surface area contributed by atoms with Gasteiger partial charge in [0, 0.05) is 27.0 Å². The number of hydrogen-bond donors (Lipinski definition) is 1. The summed E-state index contributed by atoms with van der Waals surface area (Å²) in [7, 11) is 0. The van der Waals surface area contributed by atoms with E-state index in [2.05, 4.69) is 45.7 Å². The second-order valence-corrected chi connectivity index (χ2v) is 6.12. The van der Waals surface area contributed by atoms with Crippen LogP contribution in [0.2, 0.25) is 5.02 Å². The molecule has 0 amide bonds. The van der Waals surface area contributed by atoms with E-state index < -0.39 is 0 Å². The molecule has 1 N–H and O–H groups in total. The Morgan fingerprint density at radius 2 is 2.24 bits per heavy atom. The van der Waals surface area contributed by atoms with Gasteiger partial charge in [0.25, 0.3) is 0 Å². The molecule has 0 spiro atoms. The molecular formula is C13H13BrClNS. The van der Waals surface area contributed by atoms with Gasteiger partial charge in [0.1, 0.15) is 0 Å². The average Bonchev–Trinajstić information content (AvgIpc) is 2.83. The lowest BCUT2D eigenvalue weighted by molar-refractivity contribution is 0.582. The smallest absolute Gasteiger partial charge is 0.0410 e. The number of hydrogen-bond acceptors (Lipinski definition) is 2. The molecule has 2 aromatic rings. The van der Waals surface area contributed by atoms with Gasteiger partial charge >= 0.3 is 0 Å². The lowest BCUT2D eigenvalue weighted by Gasteiger charge is -2.13. The van der Waals surface area contributed by atoms with E-state index in [-0.39, 0.29) is 0 Å². The Morgan fingerprint density at radius 1 is 1.41 bits per heavy atom. The first-order valence-corrected chi connectivity index (χ1v) is 7.42. The summed E-state index contributed by atoms with van der Waals surface area (Å²) in [5.41, 5.74) is 1.18. The van der Waals surface area contributed by atoms with E-state index in [0.717, 1.165) is 16.0 Å². The minimum atomic E-state index is 0.362. The molecule has 1 aromatic carbocycles. The van der Waals surface area contributed by atoms with Crippen LogP contribution in [0, 0.1) is 0 Å². The van der Waals surface area contributed by atoms with Crippen LogP contribution in [0.4, 0.5) is 0 Å². The van der Waals surface area contributed by atoms with Gasteiger partial charge in [0.05, 0.1) is 0 Å². The third-order valence-electron chi connectivity index (χ3n) is 2.58. The summed E-state index contributed by atoms with van der Waals surface area (Å²) in [6.45, 7) is 2.98. The zero-order valence-corrected chi connectivity index (χ0v) is 12.6. The molecule has 1 nitrogen and oxygen atoms in total. The zero-order chi connectivity index (χ0) is 12.3. The normalized spacial score (nSPS) is 12.6. The molecule has 2 rings (SSSR count). The SMILES string of the molecule is C[C@@H](NCc1cc(Cl)ccc1Br)c1cccs1. The molecule has 0 saturated heterocycles. The Hall–Kier alpha value is -0.350. The summed E-state index contributed by atoms with van der Waals surface area (Å²) in [6.07, 6.45) is 0. The van der Waals surface area contributed by atoms with Crippen LogP contribution in [0.1, 0.15) is 23.4 Å². The summed E-state index contributed by atoms with van der Waals surface area (Å²) in [5.74, 6) is 0. The van der Waals surface area contributed by atoms with Crippen LogP contribution in [0.15, 0.2) is 40.2 Å². The molecule has 17 heavy (non-hydrogen) atoms. The number of rotatable bonds is 4. The third-order valence-corrected chi connectivity index (χ3v) is 4.64. The van der Waals surface area contributed by atoms with E-state index in [1.54, 1.807) is 11.3 Å². The van der Waals surface area contributed by atoms with Gasteiger partial charge in [-0.25, -0.2) is 0 Å². The molecule has 0 saturated carbocycles. The predicted octanol–water partition coefficient (Wildman–Crippen LogP) is 5.01. The molecule has 1 aromatic heterocycles. The fourth-order valence-electron chi connectivity index (χ4n) is 1.58. The van der Waals surface area contributed by atoms with Crippen molar-refractivity contribution in [3.05, 3.63) is 55.6 Å².